The lowest BCUT2D eigenvalue weighted by atomic mass is 9.58. The van der Waals surface area contributed by atoms with Gasteiger partial charge in [-0.2, -0.15) is 0 Å². The van der Waals surface area contributed by atoms with E-state index in [1.54, 1.807) is 12.2 Å². The maximum Gasteiger partial charge on any atom is 0.472 e. The van der Waals surface area contributed by atoms with Gasteiger partial charge in [-0.3, -0.25) is 10.1 Å². The van der Waals surface area contributed by atoms with Gasteiger partial charge in [-0.05, 0) is 27.7 Å². The lowest BCUT2D eigenvalue weighted by Crippen LogP contribution is -2.41. The zero-order valence-electron chi connectivity index (χ0n) is 12.5. The van der Waals surface area contributed by atoms with Gasteiger partial charge in [0.15, 0.2) is 0 Å². The summed E-state index contributed by atoms with van der Waals surface area (Å²) in [6.07, 6.45) is 8.32. The molecule has 0 N–H and O–H groups in total. The number of hydrogen-bond donors (Lipinski definition) is 0. The van der Waals surface area contributed by atoms with Crippen LogP contribution in [0.4, 0.5) is 0 Å². The van der Waals surface area contributed by atoms with E-state index >= 15 is 0 Å². The first kappa shape index (κ1) is 15.0. The average Bonchev–Trinajstić information content (AvgIpc) is 2.48. The summed E-state index contributed by atoms with van der Waals surface area (Å²) in [4.78, 5) is 10.4. The van der Waals surface area contributed by atoms with Gasteiger partial charge in [0.05, 0.1) is 16.1 Å². The number of nitro groups is 1. The third kappa shape index (κ3) is 2.45. The van der Waals surface area contributed by atoms with Gasteiger partial charge in [-0.1, -0.05) is 25.2 Å². The number of nitrogens with zero attached hydrogens (tertiary/aromatic N) is 1. The Labute approximate surface area is 119 Å². The predicted molar refractivity (Wildman–Crippen MR) is 77.8 cm³/mol. The first-order chi connectivity index (χ1) is 9.07. The summed E-state index contributed by atoms with van der Waals surface area (Å²) in [7, 11) is -0.473. The first-order valence-electron chi connectivity index (χ1n) is 6.66. The number of rotatable bonds is 2. The van der Waals surface area contributed by atoms with Gasteiger partial charge in [0, 0.05) is 17.5 Å². The third-order valence-electron chi connectivity index (χ3n) is 4.31. The summed E-state index contributed by atoms with van der Waals surface area (Å²) in [5.74, 6) is 0. The van der Waals surface area contributed by atoms with E-state index in [2.05, 4.69) is 0 Å². The van der Waals surface area contributed by atoms with Crippen molar-refractivity contribution in [2.45, 2.75) is 51.1 Å². The molecule has 1 unspecified atom stereocenters. The number of allylic oxidation sites excluding steroid dienone is 5. The Hall–Kier alpha value is -1.40. The molecule has 0 bridgehead atoms. The van der Waals surface area contributed by atoms with Crippen LogP contribution in [0, 0.1) is 10.1 Å². The van der Waals surface area contributed by atoms with Crippen molar-refractivity contribution in [3.05, 3.63) is 46.2 Å². The molecule has 1 heterocycles. The predicted octanol–water partition coefficient (Wildman–Crippen LogP) is 3.13. The smallest absolute Gasteiger partial charge is 0.402 e. The highest BCUT2D eigenvalue weighted by Crippen LogP contribution is 2.47. The third-order valence-corrected chi connectivity index (χ3v) is 4.31. The molecule has 0 saturated carbocycles. The Kier molecular flexibility index (Phi) is 3.43. The Bertz CT molecular complexity index is 505. The van der Waals surface area contributed by atoms with Gasteiger partial charge in [-0.25, -0.2) is 0 Å². The summed E-state index contributed by atoms with van der Waals surface area (Å²) >= 11 is 0. The van der Waals surface area contributed by atoms with Crippen molar-refractivity contribution in [1.29, 1.82) is 0 Å². The van der Waals surface area contributed by atoms with Crippen LogP contribution in [0.2, 0.25) is 5.31 Å². The first-order valence-corrected chi connectivity index (χ1v) is 6.66. The minimum absolute atomic E-state index is 0.0569. The van der Waals surface area contributed by atoms with Gasteiger partial charge < -0.3 is 9.31 Å². The monoisotopic (exact) mass is 277 g/mol. The van der Waals surface area contributed by atoms with Crippen LogP contribution in [0.25, 0.3) is 0 Å². The van der Waals surface area contributed by atoms with Crippen molar-refractivity contribution in [1.82, 2.24) is 0 Å². The molecule has 0 radical (unpaired) electrons. The van der Waals surface area contributed by atoms with E-state index in [0.717, 1.165) is 0 Å². The second-order valence-electron chi connectivity index (χ2n) is 6.50. The highest BCUT2D eigenvalue weighted by atomic mass is 16.7. The molecule has 2 rings (SSSR count). The highest BCUT2D eigenvalue weighted by Gasteiger charge is 2.56. The summed E-state index contributed by atoms with van der Waals surface area (Å²) < 4.78 is 12.1. The fourth-order valence-corrected chi connectivity index (χ4v) is 2.11. The fourth-order valence-electron chi connectivity index (χ4n) is 2.11. The molecule has 0 aromatic heterocycles. The van der Waals surface area contributed by atoms with Crippen molar-refractivity contribution in [2.24, 2.45) is 0 Å². The standard InChI is InChI=1S/C14H20BNO4/c1-12(2)13(3,4)20-15(19-12)14(5)9-6-7-11(8-10-14)16(17)18/h6-10H,1-5H3. The SMILES string of the molecule is CC1(B2OC(C)(C)C(C)(C)O2)C=CC=C([N+](=O)[O-])C=C1. The second kappa shape index (κ2) is 4.57. The van der Waals surface area contributed by atoms with Crippen LogP contribution in [0.1, 0.15) is 34.6 Å². The zero-order chi connectivity index (χ0) is 15.2. The van der Waals surface area contributed by atoms with Crippen LogP contribution >= 0.6 is 0 Å². The van der Waals surface area contributed by atoms with E-state index in [1.165, 1.54) is 12.2 Å². The molecule has 2 aliphatic rings. The lowest BCUT2D eigenvalue weighted by Gasteiger charge is -2.32. The average molecular weight is 277 g/mol. The lowest BCUT2D eigenvalue weighted by molar-refractivity contribution is -0.419. The maximum atomic E-state index is 10.8. The Morgan fingerprint density at radius 1 is 1.10 bits per heavy atom. The molecule has 6 heteroatoms. The van der Waals surface area contributed by atoms with E-state index in [-0.39, 0.29) is 5.70 Å². The van der Waals surface area contributed by atoms with Gasteiger partial charge in [-0.15, -0.1) is 0 Å². The highest BCUT2D eigenvalue weighted by molar-refractivity contribution is 6.51. The quantitative estimate of drug-likeness (QED) is 0.442. The van der Waals surface area contributed by atoms with Crippen LogP contribution in [0.15, 0.2) is 36.1 Å². The van der Waals surface area contributed by atoms with E-state index in [4.69, 9.17) is 9.31 Å². The molecule has 0 aromatic carbocycles. The van der Waals surface area contributed by atoms with Gasteiger partial charge in [0.2, 0.25) is 0 Å². The molecule has 1 saturated heterocycles. The maximum absolute atomic E-state index is 10.8. The molecule has 0 amide bonds. The van der Waals surface area contributed by atoms with Crippen molar-refractivity contribution in [3.63, 3.8) is 0 Å². The molecule has 108 valence electrons. The van der Waals surface area contributed by atoms with Gasteiger partial charge >= 0.3 is 7.12 Å². The summed E-state index contributed by atoms with van der Waals surface area (Å²) in [6, 6.07) is 0. The largest absolute Gasteiger partial charge is 0.472 e. The minimum Gasteiger partial charge on any atom is -0.402 e. The summed E-state index contributed by atoms with van der Waals surface area (Å²) in [6.45, 7) is 9.89. The molecule has 0 aromatic rings. The molecule has 5 nitrogen and oxygen atoms in total. The number of hydrogen-bond acceptors (Lipinski definition) is 4. The van der Waals surface area contributed by atoms with E-state index < -0.39 is 28.6 Å². The van der Waals surface area contributed by atoms with Crippen molar-refractivity contribution in [2.75, 3.05) is 0 Å². The summed E-state index contributed by atoms with van der Waals surface area (Å²) in [5, 5.41) is 10.3. The molecule has 0 spiro atoms. The molecule has 1 aliphatic carbocycles. The van der Waals surface area contributed by atoms with E-state index in [0.29, 0.717) is 0 Å². The molecule has 1 fully saturated rings. The van der Waals surface area contributed by atoms with E-state index in [9.17, 15) is 10.1 Å². The Balaban J connectivity index is 2.27. The van der Waals surface area contributed by atoms with Crippen molar-refractivity contribution < 1.29 is 14.2 Å². The van der Waals surface area contributed by atoms with Crippen LogP contribution in [0.3, 0.4) is 0 Å². The van der Waals surface area contributed by atoms with Crippen LogP contribution < -0.4 is 0 Å². The van der Waals surface area contributed by atoms with Crippen LogP contribution in [-0.4, -0.2) is 23.2 Å². The zero-order valence-corrected chi connectivity index (χ0v) is 12.5. The van der Waals surface area contributed by atoms with Gasteiger partial charge in [0.1, 0.15) is 0 Å². The molecule has 1 atom stereocenters. The summed E-state index contributed by atoms with van der Waals surface area (Å²) in [5.41, 5.74) is -0.788. The van der Waals surface area contributed by atoms with Crippen molar-refractivity contribution in [3.8, 4) is 0 Å². The Morgan fingerprint density at radius 3 is 2.15 bits per heavy atom. The molecular weight excluding hydrogens is 257 g/mol. The normalized spacial score (nSPS) is 31.1. The second-order valence-corrected chi connectivity index (χ2v) is 6.50. The molecule has 20 heavy (non-hydrogen) atoms. The van der Waals surface area contributed by atoms with Crippen molar-refractivity contribution >= 4 is 7.12 Å². The van der Waals surface area contributed by atoms with Crippen LogP contribution in [-0.2, 0) is 9.31 Å². The topological polar surface area (TPSA) is 61.6 Å². The fraction of sp³-hybridized carbons (Fsp3) is 0.571. The molecular formula is C14H20BNO4. The Morgan fingerprint density at radius 2 is 1.65 bits per heavy atom. The van der Waals surface area contributed by atoms with E-state index in [1.807, 2.05) is 40.7 Å². The van der Waals surface area contributed by atoms with Crippen LogP contribution in [0.5, 0.6) is 0 Å². The molecule has 1 aliphatic heterocycles. The minimum atomic E-state index is -0.542. The van der Waals surface area contributed by atoms with Gasteiger partial charge in [0.25, 0.3) is 5.70 Å².